The third kappa shape index (κ3) is 6.06. The van der Waals surface area contributed by atoms with E-state index in [1.165, 1.54) is 27.4 Å². The molecule has 0 spiro atoms. The first kappa shape index (κ1) is 35.5. The van der Waals surface area contributed by atoms with Gasteiger partial charge in [0.1, 0.15) is 11.2 Å². The number of benzene rings is 9. The second kappa shape index (κ2) is 14.7. The van der Waals surface area contributed by atoms with E-state index in [2.05, 4.69) is 162 Å². The minimum absolute atomic E-state index is 0.628. The fourth-order valence-corrected chi connectivity index (χ4v) is 8.94. The molecule has 0 bridgehead atoms. The average Bonchev–Trinajstić information content (AvgIpc) is 3.90. The van der Waals surface area contributed by atoms with Crippen molar-refractivity contribution in [2.45, 2.75) is 0 Å². The van der Waals surface area contributed by atoms with Gasteiger partial charge in [-0.3, -0.25) is 0 Å². The Morgan fingerprint density at radius 1 is 0.306 bits per heavy atom. The highest BCUT2D eigenvalue weighted by Gasteiger charge is 2.19. The first-order valence-corrected chi connectivity index (χ1v) is 20.8. The summed E-state index contributed by atoms with van der Waals surface area (Å²) in [4.78, 5) is 14.7. The van der Waals surface area contributed by atoms with Crippen LogP contribution in [-0.4, -0.2) is 19.5 Å². The van der Waals surface area contributed by atoms with E-state index in [4.69, 9.17) is 19.4 Å². The molecule has 0 saturated carbocycles. The Kier molecular flexibility index (Phi) is 8.42. The van der Waals surface area contributed by atoms with Gasteiger partial charge in [0.25, 0.3) is 0 Å². The summed E-state index contributed by atoms with van der Waals surface area (Å²) in [7, 11) is 0. The molecule has 5 heteroatoms. The lowest BCUT2D eigenvalue weighted by molar-refractivity contribution is 0.669. The Bertz CT molecular complexity index is 3550. The summed E-state index contributed by atoms with van der Waals surface area (Å²) < 4.78 is 9.03. The van der Waals surface area contributed by atoms with Crippen molar-refractivity contribution in [3.63, 3.8) is 0 Å². The lowest BCUT2D eigenvalue weighted by Crippen LogP contribution is -2.00. The smallest absolute Gasteiger partial charge is 0.164 e. The zero-order valence-corrected chi connectivity index (χ0v) is 33.5. The molecule has 0 unspecified atom stereocenters. The molecule has 0 aliphatic carbocycles. The number of furan rings is 1. The zero-order valence-electron chi connectivity index (χ0n) is 33.5. The number of fused-ring (bicyclic) bond motifs is 6. The Morgan fingerprint density at radius 3 is 1.53 bits per heavy atom. The third-order valence-electron chi connectivity index (χ3n) is 11.9. The van der Waals surface area contributed by atoms with Crippen LogP contribution in [0.2, 0.25) is 0 Å². The second-order valence-corrected chi connectivity index (χ2v) is 15.6. The van der Waals surface area contributed by atoms with Crippen LogP contribution in [0.3, 0.4) is 0 Å². The molecular formula is C57H36N4O. The number of aromatic nitrogens is 4. The highest BCUT2D eigenvalue weighted by Crippen LogP contribution is 2.43. The fraction of sp³-hybridized carbons (Fsp3) is 0. The van der Waals surface area contributed by atoms with Gasteiger partial charge in [-0.15, -0.1) is 0 Å². The van der Waals surface area contributed by atoms with Crippen molar-refractivity contribution in [1.82, 2.24) is 19.5 Å². The lowest BCUT2D eigenvalue weighted by Gasteiger charge is -2.13. The Balaban J connectivity index is 0.921. The zero-order chi connectivity index (χ0) is 41.0. The van der Waals surface area contributed by atoms with Crippen LogP contribution in [0.15, 0.2) is 223 Å². The fourth-order valence-electron chi connectivity index (χ4n) is 8.94. The van der Waals surface area contributed by atoms with E-state index in [-0.39, 0.29) is 0 Å². The van der Waals surface area contributed by atoms with Gasteiger partial charge < -0.3 is 8.98 Å². The van der Waals surface area contributed by atoms with Gasteiger partial charge in [-0.1, -0.05) is 176 Å². The normalized spacial score (nSPS) is 11.5. The summed E-state index contributed by atoms with van der Waals surface area (Å²) in [6.45, 7) is 0. The van der Waals surface area contributed by atoms with Crippen LogP contribution in [0.1, 0.15) is 0 Å². The molecule has 5 nitrogen and oxygen atoms in total. The molecule has 62 heavy (non-hydrogen) atoms. The molecule has 0 atom stereocenters. The van der Waals surface area contributed by atoms with Crippen molar-refractivity contribution in [1.29, 1.82) is 0 Å². The van der Waals surface area contributed by atoms with Gasteiger partial charge in [0, 0.05) is 43.9 Å². The SMILES string of the molecule is c1ccc(-c2nc(-c3ccccc3)nc(-c3ccc(-c4ccc5c(c4)oc4cccc(-c6ccccc6-c6ccc7c8ccccc8n(-c8ccccc8)c7c6)c45)cc3)n2)cc1. The summed E-state index contributed by atoms with van der Waals surface area (Å²) in [6.07, 6.45) is 0. The van der Waals surface area contributed by atoms with E-state index < -0.39 is 0 Å². The molecule has 12 rings (SSSR count). The van der Waals surface area contributed by atoms with Crippen LogP contribution in [0, 0.1) is 0 Å². The maximum atomic E-state index is 6.65. The molecule has 0 saturated heterocycles. The maximum Gasteiger partial charge on any atom is 0.164 e. The number of hydrogen-bond donors (Lipinski definition) is 0. The molecule has 0 N–H and O–H groups in total. The summed E-state index contributed by atoms with van der Waals surface area (Å²) in [5.41, 5.74) is 14.8. The molecule has 3 aromatic heterocycles. The van der Waals surface area contributed by atoms with Crippen LogP contribution in [-0.2, 0) is 0 Å². The average molecular weight is 793 g/mol. The van der Waals surface area contributed by atoms with Gasteiger partial charge in [0.05, 0.1) is 11.0 Å². The Hall–Kier alpha value is -8.41. The van der Waals surface area contributed by atoms with Crippen LogP contribution in [0.25, 0.3) is 117 Å². The quantitative estimate of drug-likeness (QED) is 0.161. The summed E-state index contributed by atoms with van der Waals surface area (Å²) in [5, 5.41) is 4.67. The van der Waals surface area contributed by atoms with E-state index in [9.17, 15) is 0 Å². The lowest BCUT2D eigenvalue weighted by atomic mass is 9.91. The summed E-state index contributed by atoms with van der Waals surface area (Å²) >= 11 is 0. The first-order valence-electron chi connectivity index (χ1n) is 20.8. The van der Waals surface area contributed by atoms with Gasteiger partial charge >= 0.3 is 0 Å². The van der Waals surface area contributed by atoms with Crippen molar-refractivity contribution in [3.05, 3.63) is 218 Å². The van der Waals surface area contributed by atoms with E-state index in [1.54, 1.807) is 0 Å². The van der Waals surface area contributed by atoms with Crippen LogP contribution in [0.4, 0.5) is 0 Å². The van der Waals surface area contributed by atoms with Gasteiger partial charge in [-0.2, -0.15) is 0 Å². The van der Waals surface area contributed by atoms with Crippen LogP contribution in [0.5, 0.6) is 0 Å². The van der Waals surface area contributed by atoms with Crippen molar-refractivity contribution in [2.24, 2.45) is 0 Å². The molecule has 290 valence electrons. The number of nitrogens with zero attached hydrogens (tertiary/aromatic N) is 4. The monoisotopic (exact) mass is 792 g/mol. The second-order valence-electron chi connectivity index (χ2n) is 15.6. The van der Waals surface area contributed by atoms with E-state index in [0.29, 0.717) is 17.5 Å². The van der Waals surface area contributed by atoms with E-state index in [1.807, 2.05) is 60.7 Å². The molecule has 9 aromatic carbocycles. The summed E-state index contributed by atoms with van der Waals surface area (Å²) in [5.74, 6) is 1.91. The predicted octanol–water partition coefficient (Wildman–Crippen LogP) is 14.9. The molecular weight excluding hydrogens is 757 g/mol. The number of rotatable bonds is 7. The van der Waals surface area contributed by atoms with Crippen molar-refractivity contribution >= 4 is 43.7 Å². The van der Waals surface area contributed by atoms with Gasteiger partial charge in [-0.05, 0) is 75.8 Å². The van der Waals surface area contributed by atoms with Gasteiger partial charge in [0.2, 0.25) is 0 Å². The molecule has 12 aromatic rings. The van der Waals surface area contributed by atoms with E-state index >= 15 is 0 Å². The Labute approximate surface area is 357 Å². The molecule has 0 aliphatic heterocycles. The Morgan fingerprint density at radius 2 is 0.823 bits per heavy atom. The standard InChI is InChI=1S/C57H36N4O/c1-4-15-38(16-5-1)55-58-56(39-17-6-2-7-18-39)60-57(59-55)40-29-27-37(28-30-40)41-31-34-49-53(36-41)62-52-26-14-24-48(54(49)52)45-22-11-10-21-44(45)42-32-33-47-46-23-12-13-25-50(46)61(51(47)35-42)43-19-8-3-9-20-43/h1-36H. The minimum atomic E-state index is 0.628. The predicted molar refractivity (Wildman–Crippen MR) is 254 cm³/mol. The summed E-state index contributed by atoms with van der Waals surface area (Å²) in [6, 6.07) is 76.4. The van der Waals surface area contributed by atoms with Crippen molar-refractivity contribution in [3.8, 4) is 73.2 Å². The van der Waals surface area contributed by atoms with E-state index in [0.717, 1.165) is 72.1 Å². The highest BCUT2D eigenvalue weighted by molar-refractivity contribution is 6.15. The largest absolute Gasteiger partial charge is 0.456 e. The van der Waals surface area contributed by atoms with Crippen LogP contribution >= 0.6 is 0 Å². The molecule has 3 heterocycles. The molecule has 0 aliphatic rings. The minimum Gasteiger partial charge on any atom is -0.456 e. The molecule has 0 amide bonds. The molecule has 0 radical (unpaired) electrons. The third-order valence-corrected chi connectivity index (χ3v) is 11.9. The molecule has 0 fully saturated rings. The highest BCUT2D eigenvalue weighted by atomic mass is 16.3. The van der Waals surface area contributed by atoms with Gasteiger partial charge in [0.15, 0.2) is 17.5 Å². The van der Waals surface area contributed by atoms with Crippen molar-refractivity contribution < 1.29 is 4.42 Å². The topological polar surface area (TPSA) is 56.7 Å². The maximum absolute atomic E-state index is 6.65. The van der Waals surface area contributed by atoms with Crippen LogP contribution < -0.4 is 0 Å². The number of hydrogen-bond acceptors (Lipinski definition) is 4. The first-order chi connectivity index (χ1) is 30.7. The van der Waals surface area contributed by atoms with Gasteiger partial charge in [-0.25, -0.2) is 15.0 Å². The number of para-hydroxylation sites is 2. The van der Waals surface area contributed by atoms with Crippen molar-refractivity contribution in [2.75, 3.05) is 0 Å².